The molecule has 0 bridgehead atoms. The van der Waals surface area contributed by atoms with Crippen molar-refractivity contribution in [3.05, 3.63) is 47.9 Å². The Hall–Kier alpha value is -2.05. The van der Waals surface area contributed by atoms with Gasteiger partial charge in [0.1, 0.15) is 0 Å². The van der Waals surface area contributed by atoms with Crippen LogP contribution < -0.4 is 10.2 Å². The Kier molecular flexibility index (Phi) is 8.80. The average Bonchev–Trinajstić information content (AvgIpc) is 2.68. The molecular weight excluding hydrogens is 370 g/mol. The largest absolute Gasteiger partial charge is 0.350 e. The first-order chi connectivity index (χ1) is 13.5. The lowest BCUT2D eigenvalue weighted by atomic mass is 10.1. The van der Waals surface area contributed by atoms with Gasteiger partial charge < -0.3 is 15.1 Å². The Bertz CT molecular complexity index is 728. The first-order valence-corrected chi connectivity index (χ1v) is 10.8. The van der Waals surface area contributed by atoms with E-state index in [0.29, 0.717) is 11.4 Å². The van der Waals surface area contributed by atoms with Crippen molar-refractivity contribution in [3.63, 3.8) is 0 Å². The van der Waals surface area contributed by atoms with Gasteiger partial charge in [-0.15, -0.1) is 6.58 Å². The number of carbonyl (C=O) groups is 2. The van der Waals surface area contributed by atoms with Gasteiger partial charge in [-0.25, -0.2) is 0 Å². The fraction of sp³-hybridized carbons (Fsp3) is 0.455. The lowest BCUT2D eigenvalue weighted by molar-refractivity contribution is -0.118. The monoisotopic (exact) mass is 401 g/mol. The van der Waals surface area contributed by atoms with Crippen LogP contribution in [0.3, 0.4) is 0 Å². The number of hydrogen-bond donors (Lipinski definition) is 1. The Balaban J connectivity index is 1.99. The van der Waals surface area contributed by atoms with Gasteiger partial charge in [-0.1, -0.05) is 43.8 Å². The third kappa shape index (κ3) is 5.97. The molecule has 0 unspecified atom stereocenters. The zero-order chi connectivity index (χ0) is 20.5. The van der Waals surface area contributed by atoms with Crippen molar-refractivity contribution in [2.45, 2.75) is 44.6 Å². The predicted molar refractivity (Wildman–Crippen MR) is 118 cm³/mol. The number of fused-ring (bicyclic) bond motifs is 1. The van der Waals surface area contributed by atoms with E-state index in [-0.39, 0.29) is 17.9 Å². The van der Waals surface area contributed by atoms with E-state index in [2.05, 4.69) is 30.6 Å². The van der Waals surface area contributed by atoms with Gasteiger partial charge in [0.15, 0.2) is 0 Å². The van der Waals surface area contributed by atoms with Crippen LogP contribution in [0.5, 0.6) is 0 Å². The minimum atomic E-state index is -0.218. The van der Waals surface area contributed by atoms with E-state index in [0.717, 1.165) is 43.1 Å². The third-order valence-electron chi connectivity index (χ3n) is 4.80. The molecule has 1 heterocycles. The molecule has 28 heavy (non-hydrogen) atoms. The fourth-order valence-electron chi connectivity index (χ4n) is 3.21. The van der Waals surface area contributed by atoms with Crippen LogP contribution in [0.25, 0.3) is 0 Å². The number of thioether (sulfide) groups is 1. The number of hydrogen-bond acceptors (Lipinski definition) is 4. The maximum Gasteiger partial charge on any atom is 0.265 e. The third-order valence-corrected chi connectivity index (χ3v) is 5.88. The maximum atomic E-state index is 12.8. The number of carbonyl (C=O) groups excluding carboxylic acids is 2. The minimum absolute atomic E-state index is 0.0696. The second-order valence-electron chi connectivity index (χ2n) is 6.86. The van der Waals surface area contributed by atoms with Crippen LogP contribution in [-0.2, 0) is 9.59 Å². The lowest BCUT2D eigenvalue weighted by Crippen LogP contribution is -2.36. The molecule has 6 heteroatoms. The van der Waals surface area contributed by atoms with Crippen LogP contribution in [0.1, 0.15) is 33.6 Å². The van der Waals surface area contributed by atoms with Crippen LogP contribution in [0.4, 0.5) is 5.69 Å². The summed E-state index contributed by atoms with van der Waals surface area (Å²) in [7, 11) is 0. The molecule has 1 aromatic rings. The molecule has 1 aliphatic rings. The number of benzene rings is 1. The molecule has 0 aromatic heterocycles. The van der Waals surface area contributed by atoms with Crippen molar-refractivity contribution >= 4 is 29.3 Å². The SMILES string of the molecule is C=CCN1C(=O)/C(=C\C(=O)N[C@H](C)CCCN(CC)CC)Sc2ccccc21. The van der Waals surface area contributed by atoms with Crippen LogP contribution in [0.2, 0.25) is 0 Å². The van der Waals surface area contributed by atoms with Gasteiger partial charge in [0.25, 0.3) is 5.91 Å². The molecular formula is C22H31N3O2S. The van der Waals surface area contributed by atoms with Gasteiger partial charge in [-0.2, -0.15) is 0 Å². The summed E-state index contributed by atoms with van der Waals surface area (Å²) in [4.78, 5) is 30.7. The van der Waals surface area contributed by atoms with Crippen LogP contribution in [0.15, 0.2) is 52.8 Å². The average molecular weight is 402 g/mol. The summed E-state index contributed by atoms with van der Waals surface area (Å²) in [5, 5.41) is 2.99. The summed E-state index contributed by atoms with van der Waals surface area (Å²) in [5.74, 6) is -0.378. The molecule has 2 rings (SSSR count). The molecule has 152 valence electrons. The molecule has 1 aliphatic heterocycles. The van der Waals surface area contributed by atoms with Gasteiger partial charge in [0.2, 0.25) is 5.91 Å². The molecule has 2 amide bonds. The van der Waals surface area contributed by atoms with Crippen molar-refractivity contribution in [2.75, 3.05) is 31.1 Å². The highest BCUT2D eigenvalue weighted by atomic mass is 32.2. The van der Waals surface area contributed by atoms with Crippen molar-refractivity contribution in [2.24, 2.45) is 0 Å². The molecule has 0 saturated carbocycles. The molecule has 1 atom stereocenters. The smallest absolute Gasteiger partial charge is 0.265 e. The molecule has 0 aliphatic carbocycles. The van der Waals surface area contributed by atoms with Crippen LogP contribution in [0, 0.1) is 0 Å². The second kappa shape index (κ2) is 11.1. The highest BCUT2D eigenvalue weighted by molar-refractivity contribution is 8.04. The molecule has 0 saturated heterocycles. The molecule has 1 N–H and O–H groups in total. The van der Waals surface area contributed by atoms with Gasteiger partial charge >= 0.3 is 0 Å². The number of nitrogens with zero attached hydrogens (tertiary/aromatic N) is 2. The van der Waals surface area contributed by atoms with Gasteiger partial charge in [-0.05, 0) is 51.5 Å². The van der Waals surface area contributed by atoms with Crippen LogP contribution >= 0.6 is 11.8 Å². The summed E-state index contributed by atoms with van der Waals surface area (Å²) in [6.07, 6.45) is 5.08. The fourth-order valence-corrected chi connectivity index (χ4v) is 4.24. The number of anilines is 1. The molecule has 0 radical (unpaired) electrons. The summed E-state index contributed by atoms with van der Waals surface area (Å²) in [6.45, 7) is 13.6. The van der Waals surface area contributed by atoms with E-state index in [4.69, 9.17) is 0 Å². The molecule has 5 nitrogen and oxygen atoms in total. The Morgan fingerprint density at radius 2 is 2.04 bits per heavy atom. The minimum Gasteiger partial charge on any atom is -0.350 e. The highest BCUT2D eigenvalue weighted by Crippen LogP contribution is 2.41. The first-order valence-electron chi connectivity index (χ1n) is 9.94. The van der Waals surface area contributed by atoms with E-state index in [1.54, 1.807) is 11.0 Å². The molecule has 0 spiro atoms. The number of nitrogens with one attached hydrogen (secondary N) is 1. The van der Waals surface area contributed by atoms with E-state index in [1.165, 1.54) is 17.8 Å². The number of para-hydroxylation sites is 1. The standard InChI is InChI=1S/C22H31N3O2S/c1-5-14-25-18-12-8-9-13-19(18)28-20(22(25)27)16-21(26)23-17(4)11-10-15-24(6-2)7-3/h5,8-9,12-13,16-17H,1,6-7,10-11,14-15H2,2-4H3,(H,23,26)/b20-16+/t17-/m1/s1. The highest BCUT2D eigenvalue weighted by Gasteiger charge is 2.28. The topological polar surface area (TPSA) is 52.7 Å². The normalized spacial score (nSPS) is 16.2. The first kappa shape index (κ1) is 22.2. The maximum absolute atomic E-state index is 12.8. The second-order valence-corrected chi connectivity index (χ2v) is 7.95. The lowest BCUT2D eigenvalue weighted by Gasteiger charge is -2.29. The zero-order valence-electron chi connectivity index (χ0n) is 17.1. The van der Waals surface area contributed by atoms with Gasteiger partial charge in [0, 0.05) is 23.6 Å². The van der Waals surface area contributed by atoms with Crippen LogP contribution in [-0.4, -0.2) is 48.9 Å². The van der Waals surface area contributed by atoms with Crippen molar-refractivity contribution in [1.82, 2.24) is 10.2 Å². The zero-order valence-corrected chi connectivity index (χ0v) is 17.9. The molecule has 1 aromatic carbocycles. The Labute approximate surface area is 172 Å². The predicted octanol–water partition coefficient (Wildman–Crippen LogP) is 3.82. The number of amides is 2. The quantitative estimate of drug-likeness (QED) is 0.478. The van der Waals surface area contributed by atoms with E-state index in [1.807, 2.05) is 31.2 Å². The van der Waals surface area contributed by atoms with E-state index in [9.17, 15) is 9.59 Å². The summed E-state index contributed by atoms with van der Waals surface area (Å²) >= 11 is 1.35. The molecule has 0 fully saturated rings. The Morgan fingerprint density at radius 1 is 1.32 bits per heavy atom. The summed E-state index contributed by atoms with van der Waals surface area (Å²) in [6, 6.07) is 7.79. The van der Waals surface area contributed by atoms with Crippen molar-refractivity contribution < 1.29 is 9.59 Å². The van der Waals surface area contributed by atoms with Crippen molar-refractivity contribution in [1.29, 1.82) is 0 Å². The van der Waals surface area contributed by atoms with E-state index >= 15 is 0 Å². The summed E-state index contributed by atoms with van der Waals surface area (Å²) in [5.41, 5.74) is 0.861. The van der Waals surface area contributed by atoms with Gasteiger partial charge in [0.05, 0.1) is 10.6 Å². The number of rotatable bonds is 10. The Morgan fingerprint density at radius 3 is 2.71 bits per heavy atom. The van der Waals surface area contributed by atoms with E-state index < -0.39 is 0 Å². The summed E-state index contributed by atoms with van der Waals surface area (Å²) < 4.78 is 0. The van der Waals surface area contributed by atoms with Crippen molar-refractivity contribution in [3.8, 4) is 0 Å². The van der Waals surface area contributed by atoms with Gasteiger partial charge in [-0.3, -0.25) is 9.59 Å².